The Morgan fingerprint density at radius 3 is 2.70 bits per heavy atom. The molecule has 1 aliphatic rings. The van der Waals surface area contributed by atoms with E-state index < -0.39 is 4.92 Å². The maximum absolute atomic E-state index is 12.0. The minimum absolute atomic E-state index is 0. The second kappa shape index (κ2) is 6.88. The van der Waals surface area contributed by atoms with Crippen molar-refractivity contribution in [3.63, 3.8) is 0 Å². The quantitative estimate of drug-likeness (QED) is 0.678. The summed E-state index contributed by atoms with van der Waals surface area (Å²) in [6.45, 7) is 1.65. The first-order valence-corrected chi connectivity index (χ1v) is 6.25. The lowest BCUT2D eigenvalue weighted by Crippen LogP contribution is -2.51. The molecule has 1 heterocycles. The van der Waals surface area contributed by atoms with Crippen LogP contribution in [0, 0.1) is 16.0 Å². The number of carbonyl (C=O) groups is 1. The minimum atomic E-state index is -0.475. The third-order valence-corrected chi connectivity index (χ3v) is 3.52. The average Bonchev–Trinajstić information content (AvgIpc) is 2.29. The SMILES string of the molecule is CN(Cc1cc([N+](=O)[O-])ccc1Cl)C(=O)C1CNC1.Cl. The highest BCUT2D eigenvalue weighted by Gasteiger charge is 2.27. The zero-order chi connectivity index (χ0) is 14.0. The van der Waals surface area contributed by atoms with E-state index in [1.54, 1.807) is 11.9 Å². The van der Waals surface area contributed by atoms with Gasteiger partial charge in [-0.3, -0.25) is 14.9 Å². The molecule has 0 aromatic heterocycles. The molecule has 1 saturated heterocycles. The summed E-state index contributed by atoms with van der Waals surface area (Å²) >= 11 is 6.00. The summed E-state index contributed by atoms with van der Waals surface area (Å²) in [6, 6.07) is 4.24. The molecule has 0 unspecified atom stereocenters. The van der Waals surface area contributed by atoms with Crippen LogP contribution in [0.2, 0.25) is 5.02 Å². The fraction of sp³-hybridized carbons (Fsp3) is 0.417. The van der Waals surface area contributed by atoms with Gasteiger partial charge < -0.3 is 10.2 Å². The molecule has 2 rings (SSSR count). The molecule has 1 aromatic rings. The Kier molecular flexibility index (Phi) is 5.74. The summed E-state index contributed by atoms with van der Waals surface area (Å²) in [7, 11) is 1.68. The molecule has 110 valence electrons. The van der Waals surface area contributed by atoms with E-state index in [2.05, 4.69) is 5.32 Å². The number of amides is 1. The van der Waals surface area contributed by atoms with Crippen molar-refractivity contribution in [2.45, 2.75) is 6.54 Å². The lowest BCUT2D eigenvalue weighted by Gasteiger charge is -2.30. The van der Waals surface area contributed by atoms with Crippen molar-refractivity contribution >= 4 is 35.6 Å². The number of nitro groups is 1. The third-order valence-electron chi connectivity index (χ3n) is 3.15. The Hall–Kier alpha value is -1.37. The second-order valence-electron chi connectivity index (χ2n) is 4.58. The molecular weight excluding hydrogens is 305 g/mol. The highest BCUT2D eigenvalue weighted by Crippen LogP contribution is 2.23. The second-order valence-corrected chi connectivity index (χ2v) is 4.99. The maximum Gasteiger partial charge on any atom is 0.269 e. The van der Waals surface area contributed by atoms with E-state index in [1.165, 1.54) is 18.2 Å². The summed E-state index contributed by atoms with van der Waals surface area (Å²) in [4.78, 5) is 23.8. The molecule has 0 saturated carbocycles. The predicted octanol–water partition coefficient (Wildman–Crippen LogP) is 1.85. The van der Waals surface area contributed by atoms with Gasteiger partial charge in [0.05, 0.1) is 10.8 Å². The zero-order valence-electron chi connectivity index (χ0n) is 10.8. The molecule has 1 aromatic carbocycles. The Labute approximate surface area is 127 Å². The molecule has 1 amide bonds. The van der Waals surface area contributed by atoms with Crippen molar-refractivity contribution in [1.82, 2.24) is 10.2 Å². The number of nitrogens with one attached hydrogen (secondary N) is 1. The largest absolute Gasteiger partial charge is 0.341 e. The van der Waals surface area contributed by atoms with Gasteiger partial charge in [-0.15, -0.1) is 12.4 Å². The molecule has 0 bridgehead atoms. The van der Waals surface area contributed by atoms with Crippen LogP contribution in [0.5, 0.6) is 0 Å². The van der Waals surface area contributed by atoms with Gasteiger partial charge in [-0.1, -0.05) is 11.6 Å². The Bertz CT molecular complexity index is 521. The van der Waals surface area contributed by atoms with Crippen LogP contribution >= 0.6 is 24.0 Å². The normalized spacial score (nSPS) is 14.1. The molecule has 20 heavy (non-hydrogen) atoms. The highest BCUT2D eigenvalue weighted by molar-refractivity contribution is 6.31. The van der Waals surface area contributed by atoms with Gasteiger partial charge in [0, 0.05) is 43.8 Å². The molecule has 0 atom stereocenters. The van der Waals surface area contributed by atoms with Crippen LogP contribution in [0.1, 0.15) is 5.56 Å². The van der Waals surface area contributed by atoms with Crippen LogP contribution in [0.15, 0.2) is 18.2 Å². The number of non-ortho nitro benzene ring substituents is 1. The number of benzene rings is 1. The first-order valence-electron chi connectivity index (χ1n) is 5.87. The summed E-state index contributed by atoms with van der Waals surface area (Å²) in [5, 5.41) is 14.2. The molecular formula is C12H15Cl2N3O3. The lowest BCUT2D eigenvalue weighted by atomic mass is 10.0. The van der Waals surface area contributed by atoms with Crippen molar-refractivity contribution in [3.05, 3.63) is 38.9 Å². The van der Waals surface area contributed by atoms with E-state index in [1.807, 2.05) is 0 Å². The summed E-state index contributed by atoms with van der Waals surface area (Å²) in [5.41, 5.74) is 0.560. The van der Waals surface area contributed by atoms with Crippen molar-refractivity contribution in [3.8, 4) is 0 Å². The van der Waals surface area contributed by atoms with Crippen LogP contribution in [0.25, 0.3) is 0 Å². The van der Waals surface area contributed by atoms with Gasteiger partial charge in [0.25, 0.3) is 5.69 Å². The van der Waals surface area contributed by atoms with Crippen molar-refractivity contribution in [1.29, 1.82) is 0 Å². The molecule has 0 spiro atoms. The van der Waals surface area contributed by atoms with Gasteiger partial charge in [0.2, 0.25) is 5.91 Å². The van der Waals surface area contributed by atoms with Gasteiger partial charge in [0.1, 0.15) is 0 Å². The Balaban J connectivity index is 0.00000200. The number of carbonyl (C=O) groups excluding carboxylic acids is 1. The molecule has 0 aliphatic carbocycles. The van der Waals surface area contributed by atoms with E-state index in [4.69, 9.17) is 11.6 Å². The number of nitro benzene ring substituents is 1. The number of halogens is 2. The summed E-state index contributed by atoms with van der Waals surface area (Å²) in [6.07, 6.45) is 0. The minimum Gasteiger partial charge on any atom is -0.341 e. The fourth-order valence-electron chi connectivity index (χ4n) is 1.90. The number of hydrogen-bond acceptors (Lipinski definition) is 4. The first kappa shape index (κ1) is 16.7. The molecule has 6 nitrogen and oxygen atoms in total. The third kappa shape index (κ3) is 3.59. The van der Waals surface area contributed by atoms with E-state index in [9.17, 15) is 14.9 Å². The van der Waals surface area contributed by atoms with E-state index in [0.717, 1.165) is 0 Å². The monoisotopic (exact) mass is 319 g/mol. The lowest BCUT2D eigenvalue weighted by molar-refractivity contribution is -0.384. The molecule has 8 heteroatoms. The highest BCUT2D eigenvalue weighted by atomic mass is 35.5. The topological polar surface area (TPSA) is 75.5 Å². The van der Waals surface area contributed by atoms with Gasteiger partial charge >= 0.3 is 0 Å². The van der Waals surface area contributed by atoms with Crippen LogP contribution in [0.3, 0.4) is 0 Å². The predicted molar refractivity (Wildman–Crippen MR) is 78.2 cm³/mol. The van der Waals surface area contributed by atoms with Gasteiger partial charge in [0.15, 0.2) is 0 Å². The van der Waals surface area contributed by atoms with Gasteiger partial charge in [-0.2, -0.15) is 0 Å². The first-order chi connectivity index (χ1) is 8.99. The standard InChI is InChI=1S/C12H14ClN3O3.ClH/c1-15(12(17)9-5-14-6-9)7-8-4-10(16(18)19)2-3-11(8)13;/h2-4,9,14H,5-7H2,1H3;1H. The Morgan fingerprint density at radius 2 is 2.20 bits per heavy atom. The fourth-order valence-corrected chi connectivity index (χ4v) is 2.08. The van der Waals surface area contributed by atoms with Crippen molar-refractivity contribution < 1.29 is 9.72 Å². The molecule has 1 fully saturated rings. The zero-order valence-corrected chi connectivity index (χ0v) is 12.4. The maximum atomic E-state index is 12.0. The summed E-state index contributed by atoms with van der Waals surface area (Å²) < 4.78 is 0. The van der Waals surface area contributed by atoms with Crippen molar-refractivity contribution in [2.75, 3.05) is 20.1 Å². The summed E-state index contributed by atoms with van der Waals surface area (Å²) in [5.74, 6) is 0.0313. The van der Waals surface area contributed by atoms with E-state index in [-0.39, 0.29) is 36.5 Å². The van der Waals surface area contributed by atoms with Crippen molar-refractivity contribution in [2.24, 2.45) is 5.92 Å². The average molecular weight is 320 g/mol. The van der Waals surface area contributed by atoms with Gasteiger partial charge in [-0.05, 0) is 11.6 Å². The number of nitrogens with zero attached hydrogens (tertiary/aromatic N) is 2. The molecule has 1 aliphatic heterocycles. The molecule has 1 N–H and O–H groups in total. The van der Waals surface area contributed by atoms with Crippen LogP contribution in [-0.4, -0.2) is 35.9 Å². The van der Waals surface area contributed by atoms with E-state index in [0.29, 0.717) is 23.7 Å². The van der Waals surface area contributed by atoms with E-state index >= 15 is 0 Å². The van der Waals surface area contributed by atoms with Gasteiger partial charge in [-0.25, -0.2) is 0 Å². The number of rotatable bonds is 4. The Morgan fingerprint density at radius 1 is 1.55 bits per heavy atom. The number of hydrogen-bond donors (Lipinski definition) is 1. The van der Waals surface area contributed by atoms with Crippen LogP contribution in [0.4, 0.5) is 5.69 Å². The smallest absolute Gasteiger partial charge is 0.269 e. The van der Waals surface area contributed by atoms with Crippen LogP contribution < -0.4 is 5.32 Å². The molecule has 0 radical (unpaired) electrons. The van der Waals surface area contributed by atoms with Crippen LogP contribution in [-0.2, 0) is 11.3 Å².